The SMILES string of the molecule is Cc1ccc(N(C)/C(=C\C(=N)C(C)(C)C)NC(=O)Nc2ccc(OCc3ccnc(Nc4cnc(C5CC5)cn4)c3)c3ccccc23)cc1. The molecule has 0 saturated heterocycles. The Balaban J connectivity index is 1.15. The van der Waals surface area contributed by atoms with Crippen LogP contribution in [0.15, 0.2) is 103 Å². The van der Waals surface area contributed by atoms with Crippen LogP contribution in [-0.2, 0) is 6.61 Å². The highest BCUT2D eigenvalue weighted by atomic mass is 16.5. The van der Waals surface area contributed by atoms with Crippen LogP contribution >= 0.6 is 0 Å². The van der Waals surface area contributed by atoms with Crippen LogP contribution in [0.3, 0.4) is 0 Å². The molecule has 1 fully saturated rings. The highest BCUT2D eigenvalue weighted by molar-refractivity contribution is 6.05. The molecule has 0 unspecified atom stereocenters. The van der Waals surface area contributed by atoms with Gasteiger partial charge in [-0.2, -0.15) is 0 Å². The summed E-state index contributed by atoms with van der Waals surface area (Å²) in [5.74, 6) is 3.03. The molecule has 5 aromatic rings. The van der Waals surface area contributed by atoms with Gasteiger partial charge in [0.1, 0.15) is 29.8 Å². The maximum atomic E-state index is 13.5. The second-order valence-corrected chi connectivity index (χ2v) is 13.4. The molecule has 3 aromatic carbocycles. The molecule has 2 heterocycles. The van der Waals surface area contributed by atoms with Crippen molar-refractivity contribution in [2.24, 2.45) is 5.41 Å². The molecule has 6 rings (SSSR count). The summed E-state index contributed by atoms with van der Waals surface area (Å²) in [4.78, 5) is 28.8. The molecule has 0 spiro atoms. The number of carbonyl (C=O) groups excluding carboxylic acids is 1. The molecule has 49 heavy (non-hydrogen) atoms. The molecule has 4 N–H and O–H groups in total. The molecule has 0 atom stereocenters. The molecule has 10 nitrogen and oxygen atoms in total. The average molecular weight is 655 g/mol. The first-order valence-corrected chi connectivity index (χ1v) is 16.4. The lowest BCUT2D eigenvalue weighted by molar-refractivity contribution is 0.254. The Hall–Kier alpha value is -5.77. The third-order valence-corrected chi connectivity index (χ3v) is 8.39. The number of ether oxygens (including phenoxy) is 1. The summed E-state index contributed by atoms with van der Waals surface area (Å²) in [6, 6.07) is 22.9. The van der Waals surface area contributed by atoms with Crippen molar-refractivity contribution in [1.29, 1.82) is 5.41 Å². The Morgan fingerprint density at radius 1 is 0.959 bits per heavy atom. The van der Waals surface area contributed by atoms with Crippen molar-refractivity contribution >= 4 is 45.5 Å². The van der Waals surface area contributed by atoms with E-state index in [0.717, 1.165) is 33.3 Å². The zero-order chi connectivity index (χ0) is 34.5. The van der Waals surface area contributed by atoms with Crippen molar-refractivity contribution < 1.29 is 9.53 Å². The van der Waals surface area contributed by atoms with Gasteiger partial charge in [-0.25, -0.2) is 14.8 Å². The van der Waals surface area contributed by atoms with Crippen LogP contribution in [0.5, 0.6) is 5.75 Å². The number of aromatic nitrogens is 3. The highest BCUT2D eigenvalue weighted by Crippen LogP contribution is 2.38. The average Bonchev–Trinajstić information content (AvgIpc) is 3.94. The van der Waals surface area contributed by atoms with Gasteiger partial charge < -0.3 is 25.7 Å². The van der Waals surface area contributed by atoms with E-state index in [1.807, 2.05) is 119 Å². The van der Waals surface area contributed by atoms with Crippen LogP contribution in [0.2, 0.25) is 0 Å². The standard InChI is InChI=1S/C39H42N8O2/c1-25-10-14-28(15-11-25)47(5)37(21-34(40)39(2,3)4)46-38(48)44-31-16-17-33(30-9-7-6-8-29(30)31)49-24-26-18-19-41-35(20-26)45-36-23-42-32(22-43-36)27-12-13-27/h6-11,14-23,27,40H,12-13,24H2,1-5H3,(H,41,43,45)(H2,44,46,48)/b37-21-,40-34?. The van der Waals surface area contributed by atoms with Crippen molar-refractivity contribution in [3.05, 3.63) is 120 Å². The van der Waals surface area contributed by atoms with Crippen molar-refractivity contribution in [1.82, 2.24) is 20.3 Å². The predicted octanol–water partition coefficient (Wildman–Crippen LogP) is 8.70. The number of hydrogen-bond acceptors (Lipinski definition) is 8. The maximum Gasteiger partial charge on any atom is 0.324 e. The number of nitrogens with one attached hydrogen (secondary N) is 4. The number of anilines is 4. The Kier molecular flexibility index (Phi) is 9.57. The second kappa shape index (κ2) is 14.1. The van der Waals surface area contributed by atoms with E-state index >= 15 is 0 Å². The lowest BCUT2D eigenvalue weighted by atomic mass is 9.90. The summed E-state index contributed by atoms with van der Waals surface area (Å²) >= 11 is 0. The van der Waals surface area contributed by atoms with E-state index in [1.54, 1.807) is 18.5 Å². The van der Waals surface area contributed by atoms with Crippen LogP contribution in [0, 0.1) is 17.7 Å². The molecule has 0 bridgehead atoms. The van der Waals surface area contributed by atoms with E-state index in [0.29, 0.717) is 47.1 Å². The number of hydrogen-bond donors (Lipinski definition) is 4. The van der Waals surface area contributed by atoms with Crippen LogP contribution in [0.4, 0.5) is 27.8 Å². The minimum absolute atomic E-state index is 0.319. The van der Waals surface area contributed by atoms with E-state index < -0.39 is 11.4 Å². The Morgan fingerprint density at radius 2 is 1.71 bits per heavy atom. The number of amides is 2. The minimum Gasteiger partial charge on any atom is -0.488 e. The molecule has 0 radical (unpaired) electrons. The van der Waals surface area contributed by atoms with Crippen molar-refractivity contribution in [2.45, 2.75) is 53.1 Å². The number of nitrogens with zero attached hydrogens (tertiary/aromatic N) is 4. The molecule has 1 aliphatic carbocycles. The van der Waals surface area contributed by atoms with E-state index in [1.165, 1.54) is 12.8 Å². The summed E-state index contributed by atoms with van der Waals surface area (Å²) in [5, 5.41) is 19.6. The van der Waals surface area contributed by atoms with Gasteiger partial charge in [0, 0.05) is 52.8 Å². The van der Waals surface area contributed by atoms with Crippen molar-refractivity contribution in [2.75, 3.05) is 22.6 Å². The molecule has 1 saturated carbocycles. The quantitative estimate of drug-likeness (QED) is 0.105. The largest absolute Gasteiger partial charge is 0.488 e. The summed E-state index contributed by atoms with van der Waals surface area (Å²) < 4.78 is 6.30. The molecular formula is C39H42N8O2. The number of benzene rings is 3. The smallest absolute Gasteiger partial charge is 0.324 e. The van der Waals surface area contributed by atoms with Gasteiger partial charge >= 0.3 is 6.03 Å². The fourth-order valence-electron chi connectivity index (χ4n) is 5.17. The molecule has 0 aliphatic heterocycles. The number of fused-ring (bicyclic) bond motifs is 1. The van der Waals surface area contributed by atoms with E-state index in [4.69, 9.17) is 10.1 Å². The van der Waals surface area contributed by atoms with Gasteiger partial charge in [0.15, 0.2) is 0 Å². The Bertz CT molecular complexity index is 2000. The van der Waals surface area contributed by atoms with Crippen LogP contribution in [0.1, 0.15) is 56.4 Å². The Morgan fingerprint density at radius 3 is 2.41 bits per heavy atom. The number of carbonyl (C=O) groups is 1. The fourth-order valence-corrected chi connectivity index (χ4v) is 5.17. The number of rotatable bonds is 11. The molecule has 2 amide bonds. The van der Waals surface area contributed by atoms with E-state index in [9.17, 15) is 4.79 Å². The van der Waals surface area contributed by atoms with Gasteiger partial charge in [0.05, 0.1) is 23.8 Å². The van der Waals surface area contributed by atoms with Gasteiger partial charge in [-0.3, -0.25) is 10.3 Å². The monoisotopic (exact) mass is 654 g/mol. The third kappa shape index (κ3) is 8.39. The van der Waals surface area contributed by atoms with Gasteiger partial charge in [0.25, 0.3) is 0 Å². The fraction of sp³-hybridized carbons (Fsp3) is 0.256. The molecule has 2 aromatic heterocycles. The van der Waals surface area contributed by atoms with Crippen molar-refractivity contribution in [3.63, 3.8) is 0 Å². The van der Waals surface area contributed by atoms with E-state index in [2.05, 4.69) is 30.9 Å². The lowest BCUT2D eigenvalue weighted by Crippen LogP contribution is -2.37. The van der Waals surface area contributed by atoms with Gasteiger partial charge in [-0.15, -0.1) is 0 Å². The zero-order valence-corrected chi connectivity index (χ0v) is 28.5. The Labute approximate surface area is 287 Å². The van der Waals surface area contributed by atoms with E-state index in [-0.39, 0.29) is 0 Å². The normalized spacial score (nSPS) is 13.1. The van der Waals surface area contributed by atoms with Crippen LogP contribution in [-0.4, -0.2) is 33.7 Å². The summed E-state index contributed by atoms with van der Waals surface area (Å²) in [6.45, 7) is 8.26. The minimum atomic E-state index is -0.422. The van der Waals surface area contributed by atoms with Gasteiger partial charge in [-0.1, -0.05) is 62.7 Å². The molecule has 10 heteroatoms. The van der Waals surface area contributed by atoms with Crippen LogP contribution in [0.25, 0.3) is 10.8 Å². The maximum absolute atomic E-state index is 13.5. The first kappa shape index (κ1) is 33.1. The molecule has 250 valence electrons. The summed E-state index contributed by atoms with van der Waals surface area (Å²) in [6.07, 6.45) is 9.39. The predicted molar refractivity (Wildman–Crippen MR) is 197 cm³/mol. The second-order valence-electron chi connectivity index (χ2n) is 13.4. The molecule has 1 aliphatic rings. The summed E-state index contributed by atoms with van der Waals surface area (Å²) in [7, 11) is 1.87. The number of allylic oxidation sites excluding steroid dienone is 1. The first-order valence-electron chi connectivity index (χ1n) is 16.4. The lowest BCUT2D eigenvalue weighted by Gasteiger charge is -2.26. The molecular weight excluding hydrogens is 612 g/mol. The van der Waals surface area contributed by atoms with Gasteiger partial charge in [0.2, 0.25) is 0 Å². The van der Waals surface area contributed by atoms with Gasteiger partial charge in [-0.05, 0) is 61.7 Å². The topological polar surface area (TPSA) is 128 Å². The number of aryl methyl sites for hydroxylation is 1. The number of pyridine rings is 1. The third-order valence-electron chi connectivity index (χ3n) is 8.39. The first-order chi connectivity index (χ1) is 23.5. The summed E-state index contributed by atoms with van der Waals surface area (Å²) in [5.41, 5.74) is 4.63. The number of urea groups is 1. The van der Waals surface area contributed by atoms with Crippen molar-refractivity contribution in [3.8, 4) is 5.75 Å². The highest BCUT2D eigenvalue weighted by Gasteiger charge is 2.25. The zero-order valence-electron chi connectivity index (χ0n) is 28.5. The van der Waals surface area contributed by atoms with Crippen LogP contribution < -0.4 is 25.6 Å².